The number of nitrogens with zero attached hydrogens (tertiary/aromatic N) is 1. The molecule has 0 spiro atoms. The predicted molar refractivity (Wildman–Crippen MR) is 106 cm³/mol. The number of ether oxygens (including phenoxy) is 1. The van der Waals surface area contributed by atoms with E-state index in [1.165, 1.54) is 19.3 Å². The average molecular weight is 395 g/mol. The molecule has 1 N–H and O–H groups in total. The summed E-state index contributed by atoms with van der Waals surface area (Å²) in [5.74, 6) is 0.200. The molecule has 0 aliphatic rings. The van der Waals surface area contributed by atoms with Crippen molar-refractivity contribution in [1.29, 1.82) is 0 Å². The van der Waals surface area contributed by atoms with Crippen LogP contribution in [0.3, 0.4) is 0 Å². The third kappa shape index (κ3) is 6.50. The van der Waals surface area contributed by atoms with E-state index in [2.05, 4.69) is 17.2 Å². The number of pyridine rings is 1. The highest BCUT2D eigenvalue weighted by atomic mass is 35.5. The Labute approximate surface area is 164 Å². The van der Waals surface area contributed by atoms with E-state index in [0.717, 1.165) is 18.4 Å². The molecule has 2 rings (SSSR count). The minimum atomic E-state index is -0.239. The number of unbranched alkanes of at least 4 members (excludes halogenated alkanes) is 4. The zero-order valence-corrected chi connectivity index (χ0v) is 16.4. The van der Waals surface area contributed by atoms with Gasteiger partial charge in [-0.05, 0) is 36.2 Å². The van der Waals surface area contributed by atoms with Crippen LogP contribution in [0.5, 0.6) is 5.75 Å². The molecule has 1 heterocycles. The average Bonchev–Trinajstić information content (AvgIpc) is 2.65. The van der Waals surface area contributed by atoms with E-state index in [4.69, 9.17) is 27.9 Å². The summed E-state index contributed by atoms with van der Waals surface area (Å²) in [6.07, 6.45) is 9.11. The molecule has 1 aromatic carbocycles. The van der Waals surface area contributed by atoms with Crippen molar-refractivity contribution in [2.24, 2.45) is 0 Å². The molecule has 1 aromatic heterocycles. The summed E-state index contributed by atoms with van der Waals surface area (Å²) in [6.45, 7) is 3.16. The fraction of sp³-hybridized carbons (Fsp3) is 0.400. The summed E-state index contributed by atoms with van der Waals surface area (Å²) < 4.78 is 5.71. The lowest BCUT2D eigenvalue weighted by molar-refractivity contribution is 0.0951. The van der Waals surface area contributed by atoms with Gasteiger partial charge in [-0.3, -0.25) is 9.78 Å². The first-order chi connectivity index (χ1) is 12.6. The Morgan fingerprint density at radius 3 is 2.38 bits per heavy atom. The molecule has 0 bridgehead atoms. The largest absolute Gasteiger partial charge is 0.490 e. The van der Waals surface area contributed by atoms with Gasteiger partial charge in [-0.2, -0.15) is 0 Å². The molecule has 6 heteroatoms. The molecule has 2 aromatic rings. The maximum atomic E-state index is 12.3. The monoisotopic (exact) mass is 394 g/mol. The Morgan fingerprint density at radius 2 is 1.73 bits per heavy atom. The van der Waals surface area contributed by atoms with Crippen LogP contribution in [0, 0.1) is 0 Å². The van der Waals surface area contributed by atoms with Gasteiger partial charge in [0, 0.05) is 24.5 Å². The lowest BCUT2D eigenvalue weighted by Crippen LogP contribution is -2.22. The van der Waals surface area contributed by atoms with Crippen LogP contribution in [0.2, 0.25) is 10.0 Å². The Kier molecular flexibility index (Phi) is 8.72. The van der Waals surface area contributed by atoms with Gasteiger partial charge in [0.25, 0.3) is 5.91 Å². The Hall–Kier alpha value is -1.78. The van der Waals surface area contributed by atoms with E-state index in [1.54, 1.807) is 24.5 Å². The summed E-state index contributed by atoms with van der Waals surface area (Å²) in [7, 11) is 0. The van der Waals surface area contributed by atoms with E-state index in [-0.39, 0.29) is 5.91 Å². The van der Waals surface area contributed by atoms with Crippen molar-refractivity contribution in [3.63, 3.8) is 0 Å². The molecule has 0 saturated heterocycles. The summed E-state index contributed by atoms with van der Waals surface area (Å²) in [5.41, 5.74) is 1.37. The molecule has 0 unspecified atom stereocenters. The Balaban J connectivity index is 1.89. The molecule has 140 valence electrons. The number of benzene rings is 1. The van der Waals surface area contributed by atoms with Crippen molar-refractivity contribution in [3.05, 3.63) is 57.8 Å². The highest BCUT2D eigenvalue weighted by molar-refractivity contribution is 6.37. The molecular weight excluding hydrogens is 371 g/mol. The maximum Gasteiger partial charge on any atom is 0.251 e. The van der Waals surface area contributed by atoms with Gasteiger partial charge in [0.1, 0.15) is 0 Å². The predicted octanol–water partition coefficient (Wildman–Crippen LogP) is 5.67. The minimum absolute atomic E-state index is 0.239. The fourth-order valence-electron chi connectivity index (χ4n) is 2.49. The van der Waals surface area contributed by atoms with Crippen LogP contribution < -0.4 is 10.1 Å². The number of carbonyl (C=O) groups is 1. The molecular formula is C20H24Cl2N2O2. The topological polar surface area (TPSA) is 51.2 Å². The number of amides is 1. The van der Waals surface area contributed by atoms with Crippen LogP contribution >= 0.6 is 23.2 Å². The quantitative estimate of drug-likeness (QED) is 0.528. The van der Waals surface area contributed by atoms with Gasteiger partial charge < -0.3 is 10.1 Å². The number of halogens is 2. The van der Waals surface area contributed by atoms with Crippen molar-refractivity contribution in [3.8, 4) is 5.75 Å². The van der Waals surface area contributed by atoms with Gasteiger partial charge in [0.05, 0.1) is 16.7 Å². The summed E-state index contributed by atoms with van der Waals surface area (Å²) in [6, 6.07) is 6.86. The Bertz CT molecular complexity index is 685. The van der Waals surface area contributed by atoms with Crippen molar-refractivity contribution < 1.29 is 9.53 Å². The zero-order chi connectivity index (χ0) is 18.8. The molecule has 1 amide bonds. The molecule has 0 aliphatic carbocycles. The summed E-state index contributed by atoms with van der Waals surface area (Å²) >= 11 is 12.5. The molecule has 0 saturated carbocycles. The van der Waals surface area contributed by atoms with E-state index < -0.39 is 0 Å². The number of aromatic nitrogens is 1. The lowest BCUT2D eigenvalue weighted by Gasteiger charge is -2.12. The number of nitrogens with one attached hydrogen (secondary N) is 1. The lowest BCUT2D eigenvalue weighted by atomic mass is 10.1. The van der Waals surface area contributed by atoms with Crippen molar-refractivity contribution in [1.82, 2.24) is 10.3 Å². The van der Waals surface area contributed by atoms with Crippen LogP contribution in [0.4, 0.5) is 0 Å². The number of hydrogen-bond acceptors (Lipinski definition) is 3. The molecule has 0 radical (unpaired) electrons. The second-order valence-corrected chi connectivity index (χ2v) is 6.88. The first kappa shape index (κ1) is 20.5. The maximum absolute atomic E-state index is 12.3. The van der Waals surface area contributed by atoms with Gasteiger partial charge in [-0.15, -0.1) is 0 Å². The molecule has 0 fully saturated rings. The van der Waals surface area contributed by atoms with E-state index in [9.17, 15) is 4.79 Å². The van der Waals surface area contributed by atoms with E-state index in [0.29, 0.717) is 34.5 Å². The summed E-state index contributed by atoms with van der Waals surface area (Å²) in [5, 5.41) is 3.53. The van der Waals surface area contributed by atoms with Gasteiger partial charge in [-0.25, -0.2) is 0 Å². The van der Waals surface area contributed by atoms with Crippen molar-refractivity contribution in [2.45, 2.75) is 45.6 Å². The number of hydrogen-bond donors (Lipinski definition) is 1. The molecule has 4 nitrogen and oxygen atoms in total. The first-order valence-corrected chi connectivity index (χ1v) is 9.66. The highest BCUT2D eigenvalue weighted by Gasteiger charge is 2.14. The minimum Gasteiger partial charge on any atom is -0.490 e. The van der Waals surface area contributed by atoms with Crippen molar-refractivity contribution in [2.75, 3.05) is 6.61 Å². The first-order valence-electron chi connectivity index (χ1n) is 8.90. The van der Waals surface area contributed by atoms with E-state index >= 15 is 0 Å². The number of carbonyl (C=O) groups excluding carboxylic acids is 1. The van der Waals surface area contributed by atoms with Gasteiger partial charge in [0.2, 0.25) is 0 Å². The molecule has 0 atom stereocenters. The Morgan fingerprint density at radius 1 is 1.08 bits per heavy atom. The van der Waals surface area contributed by atoms with Crippen LogP contribution in [-0.2, 0) is 6.54 Å². The van der Waals surface area contributed by atoms with Crippen LogP contribution in [-0.4, -0.2) is 17.5 Å². The number of rotatable bonds is 10. The van der Waals surface area contributed by atoms with Crippen LogP contribution in [0.15, 0.2) is 36.7 Å². The van der Waals surface area contributed by atoms with Gasteiger partial charge in [-0.1, -0.05) is 55.8 Å². The van der Waals surface area contributed by atoms with Crippen molar-refractivity contribution >= 4 is 29.1 Å². The van der Waals surface area contributed by atoms with Crippen LogP contribution in [0.25, 0.3) is 0 Å². The third-order valence-electron chi connectivity index (χ3n) is 3.96. The zero-order valence-electron chi connectivity index (χ0n) is 14.9. The van der Waals surface area contributed by atoms with E-state index in [1.807, 2.05) is 12.1 Å². The highest BCUT2D eigenvalue weighted by Crippen LogP contribution is 2.34. The fourth-order valence-corrected chi connectivity index (χ4v) is 3.09. The smallest absolute Gasteiger partial charge is 0.251 e. The third-order valence-corrected chi connectivity index (χ3v) is 4.52. The summed E-state index contributed by atoms with van der Waals surface area (Å²) in [4.78, 5) is 16.3. The van der Waals surface area contributed by atoms with Gasteiger partial charge in [0.15, 0.2) is 5.75 Å². The second-order valence-electron chi connectivity index (χ2n) is 6.07. The SMILES string of the molecule is CCCCCCCOc1c(Cl)cc(C(=O)NCc2ccncc2)cc1Cl. The normalized spacial score (nSPS) is 10.6. The standard InChI is InChI=1S/C20H24Cl2N2O2/c1-2-3-4-5-6-11-26-19-17(21)12-16(13-18(19)22)20(25)24-14-15-7-9-23-10-8-15/h7-10,12-13H,2-6,11,14H2,1H3,(H,24,25). The second kappa shape index (κ2) is 11.0. The molecule has 26 heavy (non-hydrogen) atoms. The van der Waals surface area contributed by atoms with Gasteiger partial charge >= 0.3 is 0 Å². The van der Waals surface area contributed by atoms with Crippen LogP contribution in [0.1, 0.15) is 54.9 Å². The molecule has 0 aliphatic heterocycles.